The van der Waals surface area contributed by atoms with Crippen LogP contribution in [0.15, 0.2) is 42.6 Å². The van der Waals surface area contributed by atoms with Gasteiger partial charge in [-0.05, 0) is 18.9 Å². The quantitative estimate of drug-likeness (QED) is 0.870. The highest BCUT2D eigenvalue weighted by molar-refractivity contribution is 5.77. The molecule has 3 rings (SSSR count). The fraction of sp³-hybridized carbons (Fsp3) is 0.389. The van der Waals surface area contributed by atoms with Crippen LogP contribution in [0.2, 0.25) is 0 Å². The fourth-order valence-electron chi connectivity index (χ4n) is 2.99. The van der Waals surface area contributed by atoms with Gasteiger partial charge in [-0.25, -0.2) is 9.97 Å². The van der Waals surface area contributed by atoms with Crippen molar-refractivity contribution in [2.24, 2.45) is 0 Å². The lowest BCUT2D eigenvalue weighted by molar-refractivity contribution is -0.136. The molecule has 23 heavy (non-hydrogen) atoms. The largest absolute Gasteiger partial charge is 0.375 e. The average molecular weight is 311 g/mol. The summed E-state index contributed by atoms with van der Waals surface area (Å²) in [5.41, 5.74) is 2.02. The number of carbonyl (C=O) groups excluding carboxylic acids is 1. The summed E-state index contributed by atoms with van der Waals surface area (Å²) in [6.07, 6.45) is 3.84. The molecule has 2 aromatic rings. The Labute approximate surface area is 136 Å². The highest BCUT2D eigenvalue weighted by atomic mass is 16.5. The maximum absolute atomic E-state index is 12.0. The summed E-state index contributed by atoms with van der Waals surface area (Å²) in [7, 11) is 1.55. The molecule has 1 fully saturated rings. The van der Waals surface area contributed by atoms with Crippen molar-refractivity contribution in [1.82, 2.24) is 14.9 Å². The summed E-state index contributed by atoms with van der Waals surface area (Å²) in [6.45, 7) is 1.65. The summed E-state index contributed by atoms with van der Waals surface area (Å²) in [6, 6.07) is 11.9. The molecule has 5 heteroatoms. The van der Waals surface area contributed by atoms with Crippen LogP contribution in [0, 0.1) is 0 Å². The Hall–Kier alpha value is -2.27. The van der Waals surface area contributed by atoms with Gasteiger partial charge in [0.25, 0.3) is 0 Å². The molecule has 1 amide bonds. The van der Waals surface area contributed by atoms with Crippen LogP contribution >= 0.6 is 0 Å². The third-order valence-corrected chi connectivity index (χ3v) is 4.17. The van der Waals surface area contributed by atoms with E-state index in [1.807, 2.05) is 41.3 Å². The SMILES string of the molecule is COCC(=O)N1CCCC(c2ccnc(-c3ccccc3)n2)C1. The van der Waals surface area contributed by atoms with Crippen LogP contribution in [0.25, 0.3) is 11.4 Å². The van der Waals surface area contributed by atoms with Crippen LogP contribution in [0.5, 0.6) is 0 Å². The van der Waals surface area contributed by atoms with E-state index < -0.39 is 0 Å². The first kappa shape index (κ1) is 15.6. The molecule has 0 N–H and O–H groups in total. The lowest BCUT2D eigenvalue weighted by Crippen LogP contribution is -2.41. The Morgan fingerprint density at radius 3 is 2.91 bits per heavy atom. The van der Waals surface area contributed by atoms with E-state index in [4.69, 9.17) is 9.72 Å². The second-order valence-electron chi connectivity index (χ2n) is 5.78. The van der Waals surface area contributed by atoms with Crippen molar-refractivity contribution in [2.45, 2.75) is 18.8 Å². The molecule has 0 radical (unpaired) electrons. The van der Waals surface area contributed by atoms with Gasteiger partial charge in [0.15, 0.2) is 5.82 Å². The lowest BCUT2D eigenvalue weighted by Gasteiger charge is -2.32. The van der Waals surface area contributed by atoms with E-state index in [-0.39, 0.29) is 18.4 Å². The van der Waals surface area contributed by atoms with Crippen molar-refractivity contribution in [1.29, 1.82) is 0 Å². The van der Waals surface area contributed by atoms with Gasteiger partial charge in [0, 0.05) is 43.6 Å². The van der Waals surface area contributed by atoms with Crippen molar-refractivity contribution < 1.29 is 9.53 Å². The molecule has 0 bridgehead atoms. The molecule has 1 aromatic carbocycles. The third-order valence-electron chi connectivity index (χ3n) is 4.17. The van der Waals surface area contributed by atoms with Gasteiger partial charge in [0.1, 0.15) is 6.61 Å². The topological polar surface area (TPSA) is 55.3 Å². The number of carbonyl (C=O) groups is 1. The smallest absolute Gasteiger partial charge is 0.248 e. The zero-order valence-electron chi connectivity index (χ0n) is 13.3. The van der Waals surface area contributed by atoms with Crippen LogP contribution in [0.1, 0.15) is 24.5 Å². The third kappa shape index (κ3) is 3.74. The number of hydrogen-bond acceptors (Lipinski definition) is 4. The van der Waals surface area contributed by atoms with Crippen molar-refractivity contribution in [3.8, 4) is 11.4 Å². The molecule has 1 aliphatic heterocycles. The molecule has 1 aliphatic rings. The summed E-state index contributed by atoms with van der Waals surface area (Å²) in [5, 5.41) is 0. The fourth-order valence-corrected chi connectivity index (χ4v) is 2.99. The monoisotopic (exact) mass is 311 g/mol. The summed E-state index contributed by atoms with van der Waals surface area (Å²) in [4.78, 5) is 23.0. The van der Waals surface area contributed by atoms with Gasteiger partial charge in [-0.2, -0.15) is 0 Å². The van der Waals surface area contributed by atoms with Crippen LogP contribution in [-0.2, 0) is 9.53 Å². The standard InChI is InChI=1S/C18H21N3O2/c1-23-13-17(22)21-11-5-8-15(12-21)16-9-10-19-18(20-16)14-6-3-2-4-7-14/h2-4,6-7,9-10,15H,5,8,11-13H2,1H3. The molecule has 0 aliphatic carbocycles. The first-order valence-electron chi connectivity index (χ1n) is 7.93. The maximum Gasteiger partial charge on any atom is 0.248 e. The molecule has 1 unspecified atom stereocenters. The Morgan fingerprint density at radius 1 is 1.30 bits per heavy atom. The van der Waals surface area contributed by atoms with Crippen molar-refractivity contribution in [3.63, 3.8) is 0 Å². The number of piperidine rings is 1. The lowest BCUT2D eigenvalue weighted by atomic mass is 9.94. The Balaban J connectivity index is 1.77. The predicted molar refractivity (Wildman–Crippen MR) is 87.9 cm³/mol. The van der Waals surface area contributed by atoms with Gasteiger partial charge in [-0.3, -0.25) is 4.79 Å². The molecular weight excluding hydrogens is 290 g/mol. The van der Waals surface area contributed by atoms with E-state index in [2.05, 4.69) is 4.98 Å². The first-order chi connectivity index (χ1) is 11.3. The van der Waals surface area contributed by atoms with E-state index in [0.29, 0.717) is 6.54 Å². The molecule has 0 saturated carbocycles. The minimum atomic E-state index is 0.0505. The number of rotatable bonds is 4. The van der Waals surface area contributed by atoms with E-state index in [0.717, 1.165) is 36.5 Å². The Kier molecular flexibility index (Phi) is 4.98. The van der Waals surface area contributed by atoms with Crippen LogP contribution in [-0.4, -0.2) is 47.6 Å². The van der Waals surface area contributed by atoms with Gasteiger partial charge < -0.3 is 9.64 Å². The molecular formula is C18H21N3O2. The number of hydrogen-bond donors (Lipinski definition) is 0. The van der Waals surface area contributed by atoms with E-state index in [9.17, 15) is 4.79 Å². The predicted octanol–water partition coefficient (Wildman–Crippen LogP) is 2.50. The molecule has 1 saturated heterocycles. The van der Waals surface area contributed by atoms with Crippen molar-refractivity contribution in [3.05, 3.63) is 48.3 Å². The van der Waals surface area contributed by atoms with Crippen LogP contribution in [0.4, 0.5) is 0 Å². The van der Waals surface area contributed by atoms with Crippen molar-refractivity contribution >= 4 is 5.91 Å². The minimum absolute atomic E-state index is 0.0505. The second-order valence-corrected chi connectivity index (χ2v) is 5.78. The van der Waals surface area contributed by atoms with Gasteiger partial charge in [0.2, 0.25) is 5.91 Å². The average Bonchev–Trinajstić information content (AvgIpc) is 2.63. The molecule has 120 valence electrons. The zero-order chi connectivity index (χ0) is 16.1. The number of ether oxygens (including phenoxy) is 1. The van der Waals surface area contributed by atoms with Crippen LogP contribution < -0.4 is 0 Å². The number of aromatic nitrogens is 2. The summed E-state index contributed by atoms with van der Waals surface area (Å²) < 4.78 is 4.96. The first-order valence-corrected chi connectivity index (χ1v) is 7.93. The number of likely N-dealkylation sites (tertiary alicyclic amines) is 1. The second kappa shape index (κ2) is 7.33. The molecule has 2 heterocycles. The van der Waals surface area contributed by atoms with E-state index >= 15 is 0 Å². The number of amides is 1. The van der Waals surface area contributed by atoms with E-state index in [1.54, 1.807) is 13.3 Å². The minimum Gasteiger partial charge on any atom is -0.375 e. The summed E-state index contributed by atoms with van der Waals surface area (Å²) in [5.74, 6) is 1.05. The van der Waals surface area contributed by atoms with Gasteiger partial charge in [-0.1, -0.05) is 30.3 Å². The zero-order valence-corrected chi connectivity index (χ0v) is 13.3. The van der Waals surface area contributed by atoms with Gasteiger partial charge in [0.05, 0.1) is 0 Å². The number of methoxy groups -OCH3 is 1. The van der Waals surface area contributed by atoms with Gasteiger partial charge in [-0.15, -0.1) is 0 Å². The number of nitrogens with zero attached hydrogens (tertiary/aromatic N) is 3. The van der Waals surface area contributed by atoms with Crippen molar-refractivity contribution in [2.75, 3.05) is 26.8 Å². The number of benzene rings is 1. The highest BCUT2D eigenvalue weighted by Crippen LogP contribution is 2.26. The van der Waals surface area contributed by atoms with Gasteiger partial charge >= 0.3 is 0 Å². The molecule has 1 aromatic heterocycles. The normalized spacial score (nSPS) is 18.0. The highest BCUT2D eigenvalue weighted by Gasteiger charge is 2.25. The maximum atomic E-state index is 12.0. The summed E-state index contributed by atoms with van der Waals surface area (Å²) >= 11 is 0. The molecule has 1 atom stereocenters. The molecule has 5 nitrogen and oxygen atoms in total. The Bertz CT molecular complexity index is 660. The Morgan fingerprint density at radius 2 is 2.13 bits per heavy atom. The van der Waals surface area contributed by atoms with Crippen LogP contribution in [0.3, 0.4) is 0 Å². The van der Waals surface area contributed by atoms with E-state index in [1.165, 1.54) is 0 Å². The molecule has 0 spiro atoms.